The van der Waals surface area contributed by atoms with Crippen molar-refractivity contribution < 1.29 is 0 Å². The normalized spacial score (nSPS) is 11.5. The molecular formula is C24H31N7. The van der Waals surface area contributed by atoms with E-state index in [1.165, 1.54) is 0 Å². The third-order valence-corrected chi connectivity index (χ3v) is 4.17. The topological polar surface area (TPSA) is 127 Å². The van der Waals surface area contributed by atoms with Crippen LogP contribution in [0.15, 0.2) is 94.9 Å². The van der Waals surface area contributed by atoms with Crippen molar-refractivity contribution in [1.82, 2.24) is 0 Å². The predicted octanol–water partition coefficient (Wildman–Crippen LogP) is 3.81. The van der Waals surface area contributed by atoms with Gasteiger partial charge in [0.1, 0.15) is 0 Å². The van der Waals surface area contributed by atoms with Gasteiger partial charge in [-0.15, -0.1) is 0 Å². The highest BCUT2D eigenvalue weighted by molar-refractivity contribution is 5.93. The molecule has 0 spiro atoms. The fourth-order valence-corrected chi connectivity index (χ4v) is 2.67. The summed E-state index contributed by atoms with van der Waals surface area (Å²) in [5.74, 6) is -0.0425. The van der Waals surface area contributed by atoms with Gasteiger partial charge in [-0.2, -0.15) is 4.99 Å². The summed E-state index contributed by atoms with van der Waals surface area (Å²) in [6.45, 7) is 5.00. The van der Waals surface area contributed by atoms with Crippen molar-refractivity contribution >= 4 is 29.0 Å². The molecule has 0 aromatic heterocycles. The Hall–Kier alpha value is -4.00. The third kappa shape index (κ3) is 9.36. The first-order valence-electron chi connectivity index (χ1n) is 10.0. The van der Waals surface area contributed by atoms with Gasteiger partial charge in [0.25, 0.3) is 0 Å². The summed E-state index contributed by atoms with van der Waals surface area (Å²) >= 11 is 0. The fraction of sp³-hybridized carbons (Fsp3) is 0.167. The number of hydrogen-bond donors (Lipinski definition) is 5. The summed E-state index contributed by atoms with van der Waals surface area (Å²) in [7, 11) is 0. The maximum absolute atomic E-state index is 5.48. The number of rotatable bonds is 6. The largest absolute Gasteiger partial charge is 0.383 e. The van der Waals surface area contributed by atoms with E-state index in [1.807, 2.05) is 67.6 Å². The molecule has 0 saturated carbocycles. The monoisotopic (exact) mass is 417 g/mol. The van der Waals surface area contributed by atoms with Crippen LogP contribution in [0.2, 0.25) is 0 Å². The van der Waals surface area contributed by atoms with Crippen molar-refractivity contribution in [1.29, 1.82) is 0 Å². The van der Waals surface area contributed by atoms with Gasteiger partial charge >= 0.3 is 0 Å². The van der Waals surface area contributed by atoms with Crippen molar-refractivity contribution in [2.45, 2.75) is 19.9 Å². The molecule has 0 aliphatic rings. The SMILES string of the molecule is CC(CNc1ccccc1)Nc1ccccc1.Cc1ccccc1N=C(N)N=C(N)N. The molecule has 0 bridgehead atoms. The van der Waals surface area contributed by atoms with Crippen molar-refractivity contribution in [2.75, 3.05) is 17.2 Å². The highest BCUT2D eigenvalue weighted by Gasteiger charge is 2.01. The maximum Gasteiger partial charge on any atom is 0.223 e. The predicted molar refractivity (Wildman–Crippen MR) is 133 cm³/mol. The second kappa shape index (κ2) is 12.5. The van der Waals surface area contributed by atoms with Crippen molar-refractivity contribution in [2.24, 2.45) is 27.2 Å². The minimum Gasteiger partial charge on any atom is -0.383 e. The van der Waals surface area contributed by atoms with E-state index in [-0.39, 0.29) is 11.9 Å². The van der Waals surface area contributed by atoms with E-state index in [0.29, 0.717) is 6.04 Å². The van der Waals surface area contributed by atoms with Gasteiger partial charge in [0, 0.05) is 24.0 Å². The molecule has 1 unspecified atom stereocenters. The minimum atomic E-state index is -0.0974. The van der Waals surface area contributed by atoms with E-state index >= 15 is 0 Å². The Bertz CT molecular complexity index is 965. The van der Waals surface area contributed by atoms with E-state index < -0.39 is 0 Å². The van der Waals surface area contributed by atoms with E-state index in [9.17, 15) is 0 Å². The molecule has 162 valence electrons. The molecule has 3 rings (SSSR count). The van der Waals surface area contributed by atoms with Gasteiger partial charge in [-0.05, 0) is 49.7 Å². The second-order valence-corrected chi connectivity index (χ2v) is 6.95. The van der Waals surface area contributed by atoms with Gasteiger partial charge in [-0.3, -0.25) is 0 Å². The Kier molecular flexibility index (Phi) is 9.42. The smallest absolute Gasteiger partial charge is 0.223 e. The molecule has 7 heteroatoms. The Balaban J connectivity index is 0.000000225. The van der Waals surface area contributed by atoms with E-state index in [0.717, 1.165) is 29.2 Å². The molecule has 0 heterocycles. The van der Waals surface area contributed by atoms with E-state index in [4.69, 9.17) is 17.2 Å². The number of benzene rings is 3. The number of nitrogens with one attached hydrogen (secondary N) is 2. The van der Waals surface area contributed by atoms with Crippen LogP contribution >= 0.6 is 0 Å². The zero-order valence-corrected chi connectivity index (χ0v) is 18.0. The average molecular weight is 418 g/mol. The van der Waals surface area contributed by atoms with Crippen molar-refractivity contribution in [3.05, 3.63) is 90.5 Å². The number of aryl methyl sites for hydroxylation is 1. The van der Waals surface area contributed by atoms with Crippen LogP contribution in [0.25, 0.3) is 0 Å². The van der Waals surface area contributed by atoms with E-state index in [2.05, 4.69) is 51.8 Å². The third-order valence-electron chi connectivity index (χ3n) is 4.17. The molecule has 31 heavy (non-hydrogen) atoms. The van der Waals surface area contributed by atoms with Crippen LogP contribution in [0, 0.1) is 6.92 Å². The van der Waals surface area contributed by atoms with Gasteiger partial charge in [0.05, 0.1) is 5.69 Å². The summed E-state index contributed by atoms with van der Waals surface area (Å²) in [5, 5.41) is 6.85. The molecule has 7 nitrogen and oxygen atoms in total. The van der Waals surface area contributed by atoms with Gasteiger partial charge in [-0.25, -0.2) is 4.99 Å². The van der Waals surface area contributed by atoms with Crippen molar-refractivity contribution in [3.63, 3.8) is 0 Å². The molecule has 3 aromatic carbocycles. The molecule has 0 amide bonds. The summed E-state index contributed by atoms with van der Waals surface area (Å²) < 4.78 is 0. The minimum absolute atomic E-state index is 0.0549. The zero-order valence-electron chi connectivity index (χ0n) is 18.0. The van der Waals surface area contributed by atoms with Gasteiger partial charge < -0.3 is 27.8 Å². The lowest BCUT2D eigenvalue weighted by molar-refractivity contribution is 0.836. The number of hydrogen-bond acceptors (Lipinski definition) is 3. The van der Waals surface area contributed by atoms with Crippen LogP contribution in [0.4, 0.5) is 17.1 Å². The Labute approximate surface area is 184 Å². The lowest BCUT2D eigenvalue weighted by Crippen LogP contribution is -2.26. The first-order chi connectivity index (χ1) is 14.9. The first kappa shape index (κ1) is 23.3. The highest BCUT2D eigenvalue weighted by atomic mass is 15.1. The van der Waals surface area contributed by atoms with Crippen LogP contribution in [-0.4, -0.2) is 24.5 Å². The highest BCUT2D eigenvalue weighted by Crippen LogP contribution is 2.16. The summed E-state index contributed by atoms with van der Waals surface area (Å²) in [6.07, 6.45) is 0. The van der Waals surface area contributed by atoms with Crippen molar-refractivity contribution in [3.8, 4) is 0 Å². The quantitative estimate of drug-likeness (QED) is 0.308. The lowest BCUT2D eigenvalue weighted by Gasteiger charge is -2.16. The van der Waals surface area contributed by atoms with Gasteiger partial charge in [0.2, 0.25) is 5.96 Å². The van der Waals surface area contributed by atoms with E-state index in [1.54, 1.807) is 0 Å². The first-order valence-corrected chi connectivity index (χ1v) is 10.0. The molecule has 0 radical (unpaired) electrons. The molecule has 0 aliphatic heterocycles. The lowest BCUT2D eigenvalue weighted by atomic mass is 10.2. The molecule has 1 atom stereocenters. The van der Waals surface area contributed by atoms with Crippen LogP contribution in [0.1, 0.15) is 12.5 Å². The standard InChI is InChI=1S/C15H18N2.C9H13N5/c1-13(17-15-10-6-3-7-11-15)12-16-14-8-4-2-5-9-14;1-6-4-2-3-5-7(6)13-9(12)14-8(10)11/h2-11,13,16-17H,12H2,1H3;2-5H,1H3,(H6,10,11,12,13,14). The maximum atomic E-state index is 5.48. The second-order valence-electron chi connectivity index (χ2n) is 6.95. The number of para-hydroxylation sites is 3. The molecular weight excluding hydrogens is 386 g/mol. The van der Waals surface area contributed by atoms with Gasteiger partial charge in [-0.1, -0.05) is 54.6 Å². The van der Waals surface area contributed by atoms with Crippen LogP contribution < -0.4 is 27.8 Å². The molecule has 0 aliphatic carbocycles. The average Bonchev–Trinajstić information content (AvgIpc) is 2.75. The Morgan fingerprint density at radius 1 is 0.806 bits per heavy atom. The van der Waals surface area contributed by atoms with Gasteiger partial charge in [0.15, 0.2) is 5.96 Å². The summed E-state index contributed by atoms with van der Waals surface area (Å²) in [5.41, 5.74) is 19.9. The molecule has 3 aromatic rings. The molecule has 0 fully saturated rings. The number of nitrogens with two attached hydrogens (primary N) is 3. The molecule has 0 saturated heterocycles. The van der Waals surface area contributed by atoms with Crippen LogP contribution in [0.3, 0.4) is 0 Å². The number of anilines is 2. The number of aliphatic imine (C=N–C) groups is 2. The number of nitrogens with zero attached hydrogens (tertiary/aromatic N) is 2. The molecule has 8 N–H and O–H groups in total. The number of guanidine groups is 2. The zero-order chi connectivity index (χ0) is 22.5. The van der Waals surface area contributed by atoms with Crippen LogP contribution in [0.5, 0.6) is 0 Å². The fourth-order valence-electron chi connectivity index (χ4n) is 2.67. The summed E-state index contributed by atoms with van der Waals surface area (Å²) in [4.78, 5) is 7.66. The summed E-state index contributed by atoms with van der Waals surface area (Å²) in [6, 6.07) is 28.5. The van der Waals surface area contributed by atoms with Crippen LogP contribution in [-0.2, 0) is 0 Å². The Morgan fingerprint density at radius 2 is 1.35 bits per heavy atom. The Morgan fingerprint density at radius 3 is 1.94 bits per heavy atom.